The van der Waals surface area contributed by atoms with Gasteiger partial charge in [-0.3, -0.25) is 14.4 Å². The molecule has 3 aromatic carbocycles. The Bertz CT molecular complexity index is 1100. The maximum atomic E-state index is 13.3. The van der Waals surface area contributed by atoms with Crippen LogP contribution < -0.4 is 10.6 Å². The van der Waals surface area contributed by atoms with Crippen LogP contribution in [0.15, 0.2) is 78.9 Å². The largest absolute Gasteiger partial charge is 0.344 e. The number of Topliss-reactive ketones (excluding diaryl/α,β-unsaturated/α-hetero) is 1. The normalized spacial score (nSPS) is 12.5. The lowest BCUT2D eigenvalue weighted by Gasteiger charge is -2.21. The van der Waals surface area contributed by atoms with E-state index in [9.17, 15) is 23.2 Å². The fourth-order valence-corrected chi connectivity index (χ4v) is 3.42. The highest BCUT2D eigenvalue weighted by molar-refractivity contribution is 5.94. The van der Waals surface area contributed by atoms with E-state index >= 15 is 0 Å². The van der Waals surface area contributed by atoms with Crippen molar-refractivity contribution in [2.75, 3.05) is 0 Å². The summed E-state index contributed by atoms with van der Waals surface area (Å²) in [5, 5.41) is 5.22. The van der Waals surface area contributed by atoms with Gasteiger partial charge in [-0.2, -0.15) is 0 Å². The highest BCUT2D eigenvalue weighted by Gasteiger charge is 2.25. The number of carbonyl (C=O) groups excluding carboxylic acids is 3. The van der Waals surface area contributed by atoms with E-state index in [2.05, 4.69) is 10.6 Å². The highest BCUT2D eigenvalue weighted by atomic mass is 19.1. The molecule has 3 rings (SSSR count). The van der Waals surface area contributed by atoms with Crippen LogP contribution in [-0.2, 0) is 27.2 Å². The first-order valence-corrected chi connectivity index (χ1v) is 10.5. The van der Waals surface area contributed by atoms with Crippen LogP contribution in [0.1, 0.15) is 29.7 Å². The minimum atomic E-state index is -0.966. The molecule has 0 aliphatic rings. The first-order valence-electron chi connectivity index (χ1n) is 10.5. The van der Waals surface area contributed by atoms with E-state index in [1.165, 1.54) is 6.92 Å². The van der Waals surface area contributed by atoms with E-state index in [1.807, 2.05) is 36.4 Å². The van der Waals surface area contributed by atoms with Gasteiger partial charge in [0.15, 0.2) is 5.78 Å². The van der Waals surface area contributed by atoms with Gasteiger partial charge >= 0.3 is 0 Å². The van der Waals surface area contributed by atoms with Crippen LogP contribution in [-0.4, -0.2) is 23.6 Å². The standard InChI is InChI=1S/C26H24F2N2O3/c1-17(29-24(32)15-19-12-21(27)16-22(28)13-19)26(33)30-25(20-10-6-3-7-11-20)23(31)14-18-8-4-2-5-9-18/h2-13,16-17,25H,14-15H2,1H3,(H,29,32)(H,30,33)/t17-,25?/m0/s1. The molecule has 33 heavy (non-hydrogen) atoms. The van der Waals surface area contributed by atoms with Crippen molar-refractivity contribution in [2.45, 2.75) is 31.8 Å². The van der Waals surface area contributed by atoms with E-state index in [0.717, 1.165) is 17.7 Å². The van der Waals surface area contributed by atoms with Gasteiger partial charge in [0.1, 0.15) is 23.7 Å². The van der Waals surface area contributed by atoms with Crippen molar-refractivity contribution in [1.29, 1.82) is 0 Å². The average molecular weight is 450 g/mol. The summed E-state index contributed by atoms with van der Waals surface area (Å²) in [7, 11) is 0. The number of rotatable bonds is 9. The Morgan fingerprint density at radius 2 is 1.33 bits per heavy atom. The van der Waals surface area contributed by atoms with Crippen LogP contribution in [0.5, 0.6) is 0 Å². The molecule has 0 bridgehead atoms. The Labute approximate surface area is 190 Å². The third-order valence-corrected chi connectivity index (χ3v) is 5.02. The van der Waals surface area contributed by atoms with Crippen LogP contribution in [0.2, 0.25) is 0 Å². The molecule has 2 atom stereocenters. The number of amides is 2. The van der Waals surface area contributed by atoms with Crippen molar-refractivity contribution in [2.24, 2.45) is 0 Å². The molecule has 1 unspecified atom stereocenters. The number of nitrogens with one attached hydrogen (secondary N) is 2. The zero-order valence-electron chi connectivity index (χ0n) is 18.1. The topological polar surface area (TPSA) is 75.3 Å². The van der Waals surface area contributed by atoms with Crippen LogP contribution in [0.25, 0.3) is 0 Å². The van der Waals surface area contributed by atoms with Crippen molar-refractivity contribution in [3.05, 3.63) is 107 Å². The van der Waals surface area contributed by atoms with Crippen molar-refractivity contribution in [3.8, 4) is 0 Å². The summed E-state index contributed by atoms with van der Waals surface area (Å²) < 4.78 is 26.7. The molecular weight excluding hydrogens is 426 g/mol. The fraction of sp³-hybridized carbons (Fsp3) is 0.192. The Kier molecular flexibility index (Phi) is 8.02. The molecule has 170 valence electrons. The zero-order valence-corrected chi connectivity index (χ0v) is 18.1. The summed E-state index contributed by atoms with van der Waals surface area (Å²) in [6.07, 6.45) is -0.159. The molecule has 0 saturated heterocycles. The number of halogens is 2. The van der Waals surface area contributed by atoms with Gasteiger partial charge in [-0.15, -0.1) is 0 Å². The van der Waals surface area contributed by atoms with Gasteiger partial charge in [0, 0.05) is 12.5 Å². The van der Waals surface area contributed by atoms with Gasteiger partial charge in [-0.25, -0.2) is 8.78 Å². The number of ketones is 1. The van der Waals surface area contributed by atoms with Crippen LogP contribution >= 0.6 is 0 Å². The summed E-state index contributed by atoms with van der Waals surface area (Å²) >= 11 is 0. The molecule has 7 heteroatoms. The lowest BCUT2D eigenvalue weighted by Crippen LogP contribution is -2.47. The molecule has 0 aliphatic carbocycles. The second kappa shape index (κ2) is 11.1. The van der Waals surface area contributed by atoms with Crippen molar-refractivity contribution in [1.82, 2.24) is 10.6 Å². The molecule has 0 aliphatic heterocycles. The SMILES string of the molecule is C[C@H](NC(=O)Cc1cc(F)cc(F)c1)C(=O)NC(C(=O)Cc1ccccc1)c1ccccc1. The number of hydrogen-bond donors (Lipinski definition) is 2. The van der Waals surface area contributed by atoms with Gasteiger partial charge in [0.05, 0.1) is 6.42 Å². The average Bonchev–Trinajstić information content (AvgIpc) is 2.77. The number of carbonyl (C=O) groups is 3. The van der Waals surface area contributed by atoms with E-state index in [1.54, 1.807) is 24.3 Å². The van der Waals surface area contributed by atoms with Gasteiger partial charge in [0.25, 0.3) is 0 Å². The summed E-state index contributed by atoms with van der Waals surface area (Å²) in [5.41, 5.74) is 1.60. The predicted octanol–water partition coefficient (Wildman–Crippen LogP) is 3.68. The molecule has 2 amide bonds. The maximum absolute atomic E-state index is 13.3. The molecule has 0 spiro atoms. The molecule has 0 heterocycles. The van der Waals surface area contributed by atoms with Gasteiger partial charge < -0.3 is 10.6 Å². The molecule has 2 N–H and O–H groups in total. The molecule has 0 radical (unpaired) electrons. The van der Waals surface area contributed by atoms with Gasteiger partial charge in [-0.1, -0.05) is 60.7 Å². The van der Waals surface area contributed by atoms with Crippen molar-refractivity contribution < 1.29 is 23.2 Å². The second-order valence-corrected chi connectivity index (χ2v) is 7.72. The molecule has 0 fully saturated rings. The smallest absolute Gasteiger partial charge is 0.243 e. The molecular formula is C26H24F2N2O3. The van der Waals surface area contributed by atoms with Crippen LogP contribution in [0.3, 0.4) is 0 Å². The van der Waals surface area contributed by atoms with Crippen molar-refractivity contribution >= 4 is 17.6 Å². The Morgan fingerprint density at radius 1 is 0.758 bits per heavy atom. The van der Waals surface area contributed by atoms with Crippen LogP contribution in [0.4, 0.5) is 8.78 Å². The third kappa shape index (κ3) is 7.07. The summed E-state index contributed by atoms with van der Waals surface area (Å²) in [6, 6.07) is 19.0. The van der Waals surface area contributed by atoms with Gasteiger partial charge in [0.2, 0.25) is 11.8 Å². The quantitative estimate of drug-likeness (QED) is 0.522. The lowest BCUT2D eigenvalue weighted by molar-refractivity contribution is -0.131. The maximum Gasteiger partial charge on any atom is 0.243 e. The lowest BCUT2D eigenvalue weighted by atomic mass is 9.97. The summed E-state index contributed by atoms with van der Waals surface area (Å²) in [6.45, 7) is 1.48. The van der Waals surface area contributed by atoms with E-state index in [4.69, 9.17) is 0 Å². The summed E-state index contributed by atoms with van der Waals surface area (Å²) in [5.74, 6) is -2.90. The first kappa shape index (κ1) is 23.8. The van der Waals surface area contributed by atoms with E-state index < -0.39 is 35.5 Å². The van der Waals surface area contributed by atoms with Crippen molar-refractivity contribution in [3.63, 3.8) is 0 Å². The first-order chi connectivity index (χ1) is 15.8. The van der Waals surface area contributed by atoms with Gasteiger partial charge in [-0.05, 0) is 35.7 Å². The minimum Gasteiger partial charge on any atom is -0.344 e. The molecule has 0 aromatic heterocycles. The predicted molar refractivity (Wildman–Crippen MR) is 120 cm³/mol. The Hall–Kier alpha value is -3.87. The zero-order chi connectivity index (χ0) is 23.8. The highest BCUT2D eigenvalue weighted by Crippen LogP contribution is 2.17. The summed E-state index contributed by atoms with van der Waals surface area (Å²) in [4.78, 5) is 38.1. The molecule has 5 nitrogen and oxygen atoms in total. The van der Waals surface area contributed by atoms with E-state index in [0.29, 0.717) is 11.6 Å². The molecule has 0 saturated carbocycles. The fourth-order valence-electron chi connectivity index (χ4n) is 3.42. The number of benzene rings is 3. The number of hydrogen-bond acceptors (Lipinski definition) is 3. The Morgan fingerprint density at radius 3 is 1.94 bits per heavy atom. The minimum absolute atomic E-state index is 0.132. The van der Waals surface area contributed by atoms with E-state index in [-0.39, 0.29) is 24.2 Å². The molecule has 3 aromatic rings. The van der Waals surface area contributed by atoms with Crippen LogP contribution in [0, 0.1) is 11.6 Å². The Balaban J connectivity index is 1.66. The second-order valence-electron chi connectivity index (χ2n) is 7.72. The monoisotopic (exact) mass is 450 g/mol. The third-order valence-electron chi connectivity index (χ3n) is 5.02.